The van der Waals surface area contributed by atoms with Gasteiger partial charge in [-0.25, -0.2) is 23.4 Å². The lowest BCUT2D eigenvalue weighted by atomic mass is 9.89. The summed E-state index contributed by atoms with van der Waals surface area (Å²) in [5, 5.41) is 0.0493. The first-order chi connectivity index (χ1) is 16.1. The number of allylic oxidation sites excluding steroid dienone is 4. The predicted octanol–water partition coefficient (Wildman–Crippen LogP) is 2.16. The Bertz CT molecular complexity index is 1280. The molecule has 2 N–H and O–H groups in total. The molecular weight excluding hydrogens is 438 g/mol. The quantitative estimate of drug-likeness (QED) is 0.723. The first-order valence-corrected chi connectivity index (χ1v) is 12.4. The fraction of sp³-hybridized carbons (Fsp3) is 0.292. The third-order valence-electron chi connectivity index (χ3n) is 5.83. The van der Waals surface area contributed by atoms with Crippen molar-refractivity contribution in [1.29, 1.82) is 0 Å². The summed E-state index contributed by atoms with van der Waals surface area (Å²) in [5.41, 5.74) is 8.05. The van der Waals surface area contributed by atoms with E-state index in [-0.39, 0.29) is 15.9 Å². The standard InChI is InChI=1S/C24H25N5O3S/c25-10-9-22-26-21(16-23(28-22)29-11-13-32-14-12-29)18-7-4-8-20-19(18)15-24(27-20)33(30,31)17-5-2-1-3-6-17/h1-8,15-16,18H,9-14,25H2. The highest BCUT2D eigenvalue weighted by atomic mass is 32.2. The zero-order chi connectivity index (χ0) is 22.8. The van der Waals surface area contributed by atoms with Gasteiger partial charge < -0.3 is 15.4 Å². The minimum Gasteiger partial charge on any atom is -0.378 e. The second-order valence-electron chi connectivity index (χ2n) is 7.99. The minimum absolute atomic E-state index is 0.0493. The Morgan fingerprint density at radius 1 is 1.12 bits per heavy atom. The van der Waals surface area contributed by atoms with Crippen LogP contribution in [0.1, 0.15) is 17.4 Å². The number of fused-ring (bicyclic) bond motifs is 1. The number of ether oxygens (including phenoxy) is 1. The van der Waals surface area contributed by atoms with Gasteiger partial charge in [-0.2, -0.15) is 0 Å². The van der Waals surface area contributed by atoms with Crippen LogP contribution in [-0.4, -0.2) is 56.3 Å². The van der Waals surface area contributed by atoms with Crippen LogP contribution in [0.25, 0.3) is 0 Å². The van der Waals surface area contributed by atoms with Crippen LogP contribution < -0.4 is 10.6 Å². The Hall–Kier alpha value is -3.14. The number of nitrogens with zero attached hydrogens (tertiary/aromatic N) is 4. The summed E-state index contributed by atoms with van der Waals surface area (Å²) in [6, 6.07) is 10.4. The van der Waals surface area contributed by atoms with Gasteiger partial charge in [-0.05, 0) is 36.4 Å². The smallest absolute Gasteiger partial charge is 0.223 e. The Balaban J connectivity index is 1.52. The molecule has 9 heteroatoms. The van der Waals surface area contributed by atoms with E-state index in [1.54, 1.807) is 36.4 Å². The maximum atomic E-state index is 13.1. The molecule has 1 fully saturated rings. The van der Waals surface area contributed by atoms with Crippen LogP contribution in [-0.2, 0) is 21.0 Å². The van der Waals surface area contributed by atoms with Crippen LogP contribution in [0.2, 0.25) is 0 Å². The van der Waals surface area contributed by atoms with Crippen molar-refractivity contribution < 1.29 is 13.2 Å². The molecule has 1 atom stereocenters. The van der Waals surface area contributed by atoms with Crippen LogP contribution >= 0.6 is 0 Å². The number of hydrogen-bond acceptors (Lipinski definition) is 8. The molecule has 0 bridgehead atoms. The van der Waals surface area contributed by atoms with Gasteiger partial charge in [0, 0.05) is 31.5 Å². The molecule has 33 heavy (non-hydrogen) atoms. The number of benzene rings is 1. The molecule has 5 rings (SSSR count). The average Bonchev–Trinajstić information content (AvgIpc) is 3.31. The van der Waals surface area contributed by atoms with Gasteiger partial charge in [0.05, 0.1) is 29.5 Å². The lowest BCUT2D eigenvalue weighted by Crippen LogP contribution is -2.37. The molecule has 1 aromatic carbocycles. The Morgan fingerprint density at radius 3 is 2.67 bits per heavy atom. The zero-order valence-electron chi connectivity index (χ0n) is 18.1. The highest BCUT2D eigenvalue weighted by molar-refractivity contribution is 8.06. The first kappa shape index (κ1) is 21.7. The average molecular weight is 464 g/mol. The van der Waals surface area contributed by atoms with Crippen molar-refractivity contribution in [1.82, 2.24) is 9.97 Å². The van der Waals surface area contributed by atoms with Gasteiger partial charge in [-0.15, -0.1) is 0 Å². The van der Waals surface area contributed by atoms with Gasteiger partial charge in [0.1, 0.15) is 11.6 Å². The van der Waals surface area contributed by atoms with Crippen LogP contribution in [0.15, 0.2) is 81.9 Å². The molecule has 2 aliphatic heterocycles. The van der Waals surface area contributed by atoms with E-state index in [1.165, 1.54) is 0 Å². The van der Waals surface area contributed by atoms with E-state index in [0.29, 0.717) is 37.7 Å². The molecule has 1 saturated heterocycles. The maximum Gasteiger partial charge on any atom is 0.223 e. The molecular formula is C24H25N5O3S. The third kappa shape index (κ3) is 4.27. The van der Waals surface area contributed by atoms with Gasteiger partial charge in [-0.1, -0.05) is 30.4 Å². The number of aromatic nitrogens is 2. The van der Waals surface area contributed by atoms with Gasteiger partial charge in [-0.3, -0.25) is 0 Å². The summed E-state index contributed by atoms with van der Waals surface area (Å²) in [4.78, 5) is 16.4. The van der Waals surface area contributed by atoms with Gasteiger partial charge in [0.2, 0.25) is 9.84 Å². The second-order valence-corrected chi connectivity index (χ2v) is 9.88. The van der Waals surface area contributed by atoms with E-state index >= 15 is 0 Å². The summed E-state index contributed by atoms with van der Waals surface area (Å²) in [7, 11) is -3.71. The molecule has 2 aromatic rings. The molecule has 170 valence electrons. The monoisotopic (exact) mass is 463 g/mol. The lowest BCUT2D eigenvalue weighted by molar-refractivity contribution is 0.122. The topological polar surface area (TPSA) is 111 Å². The van der Waals surface area contributed by atoms with E-state index in [9.17, 15) is 8.42 Å². The number of rotatable bonds is 5. The molecule has 0 radical (unpaired) electrons. The molecule has 0 spiro atoms. The Labute approximate surface area is 193 Å². The number of hydrogen-bond donors (Lipinski definition) is 1. The maximum absolute atomic E-state index is 13.1. The van der Waals surface area contributed by atoms with Crippen molar-refractivity contribution in [3.05, 3.63) is 83.5 Å². The third-order valence-corrected chi connectivity index (χ3v) is 7.48. The number of nitrogens with two attached hydrogens (primary N) is 1. The highest BCUT2D eigenvalue weighted by Gasteiger charge is 2.32. The molecule has 3 heterocycles. The molecule has 1 unspecified atom stereocenters. The predicted molar refractivity (Wildman–Crippen MR) is 127 cm³/mol. The van der Waals surface area contributed by atoms with Crippen LogP contribution in [0.3, 0.4) is 0 Å². The number of morpholine rings is 1. The fourth-order valence-electron chi connectivity index (χ4n) is 4.14. The zero-order valence-corrected chi connectivity index (χ0v) is 18.9. The molecule has 0 saturated carbocycles. The highest BCUT2D eigenvalue weighted by Crippen LogP contribution is 2.39. The summed E-state index contributed by atoms with van der Waals surface area (Å²) in [5.74, 6) is 1.29. The molecule has 3 aliphatic rings. The largest absolute Gasteiger partial charge is 0.378 e. The summed E-state index contributed by atoms with van der Waals surface area (Å²) in [6.07, 6.45) is 7.98. The van der Waals surface area contributed by atoms with Crippen molar-refractivity contribution >= 4 is 20.7 Å². The van der Waals surface area contributed by atoms with E-state index in [4.69, 9.17) is 20.4 Å². The molecule has 1 aliphatic carbocycles. The number of sulfone groups is 1. The fourth-order valence-corrected chi connectivity index (χ4v) is 5.40. The van der Waals surface area contributed by atoms with Crippen molar-refractivity contribution in [2.75, 3.05) is 37.7 Å². The normalized spacial score (nSPS) is 20.2. The molecule has 0 amide bonds. The number of anilines is 1. The molecule has 8 nitrogen and oxygen atoms in total. The van der Waals surface area contributed by atoms with Gasteiger partial charge in [0.25, 0.3) is 0 Å². The minimum atomic E-state index is -3.71. The Kier molecular flexibility index (Phi) is 5.92. The Morgan fingerprint density at radius 2 is 1.91 bits per heavy atom. The van der Waals surface area contributed by atoms with Crippen LogP contribution in [0.5, 0.6) is 0 Å². The van der Waals surface area contributed by atoms with E-state index in [0.717, 1.165) is 30.2 Å². The van der Waals surface area contributed by atoms with Crippen LogP contribution in [0, 0.1) is 0 Å². The van der Waals surface area contributed by atoms with Gasteiger partial charge >= 0.3 is 0 Å². The van der Waals surface area contributed by atoms with Crippen molar-refractivity contribution in [3.8, 4) is 0 Å². The van der Waals surface area contributed by atoms with Gasteiger partial charge in [0.15, 0.2) is 5.04 Å². The van der Waals surface area contributed by atoms with Crippen molar-refractivity contribution in [2.24, 2.45) is 10.7 Å². The first-order valence-electron chi connectivity index (χ1n) is 11.0. The molecule has 1 aromatic heterocycles. The SMILES string of the molecule is NCCc1nc(C2C=CC=C3N=C(S(=O)(=O)c4ccccc4)C=C32)cc(N2CCOCC2)n1. The lowest BCUT2D eigenvalue weighted by Gasteiger charge is -2.29. The van der Waals surface area contributed by atoms with E-state index in [2.05, 4.69) is 9.89 Å². The van der Waals surface area contributed by atoms with Crippen molar-refractivity contribution in [2.45, 2.75) is 17.2 Å². The number of aliphatic imine (C=N–C) groups is 1. The summed E-state index contributed by atoms with van der Waals surface area (Å²) >= 11 is 0. The summed E-state index contributed by atoms with van der Waals surface area (Å²) < 4.78 is 31.8. The van der Waals surface area contributed by atoms with Crippen molar-refractivity contribution in [3.63, 3.8) is 0 Å². The van der Waals surface area contributed by atoms with E-state index in [1.807, 2.05) is 24.3 Å². The second kappa shape index (κ2) is 9.01. The van der Waals surface area contributed by atoms with Crippen LogP contribution in [0.4, 0.5) is 5.82 Å². The van der Waals surface area contributed by atoms with E-state index < -0.39 is 9.84 Å². The summed E-state index contributed by atoms with van der Waals surface area (Å²) in [6.45, 7) is 3.27.